The Morgan fingerprint density at radius 3 is 2.55 bits per heavy atom. The van der Waals surface area contributed by atoms with Crippen LogP contribution in [0.25, 0.3) is 11.5 Å². The van der Waals surface area contributed by atoms with Crippen LogP contribution in [0.3, 0.4) is 0 Å². The van der Waals surface area contributed by atoms with Crippen LogP contribution in [-0.2, 0) is 4.74 Å². The molecule has 3 rings (SSSR count). The molecule has 0 saturated carbocycles. The highest BCUT2D eigenvalue weighted by atomic mass is 16.5. The van der Waals surface area contributed by atoms with Crippen LogP contribution in [0.4, 0.5) is 0 Å². The second-order valence-electron chi connectivity index (χ2n) is 5.27. The summed E-state index contributed by atoms with van der Waals surface area (Å²) in [5, 5.41) is 0. The molecule has 0 unspecified atom stereocenters. The van der Waals surface area contributed by atoms with Gasteiger partial charge in [-0.05, 0) is 25.0 Å². The van der Waals surface area contributed by atoms with Crippen LogP contribution in [-0.4, -0.2) is 52.1 Å². The average molecular weight is 298 g/mol. The monoisotopic (exact) mass is 298 g/mol. The molecule has 2 aromatic rings. The van der Waals surface area contributed by atoms with Crippen LogP contribution in [0.15, 0.2) is 36.8 Å². The highest BCUT2D eigenvalue weighted by molar-refractivity contribution is 5.93. The molecule has 1 amide bonds. The predicted molar refractivity (Wildman–Crippen MR) is 81.2 cm³/mol. The molecule has 1 fully saturated rings. The lowest BCUT2D eigenvalue weighted by atomic mass is 10.1. The van der Waals surface area contributed by atoms with Crippen molar-refractivity contribution in [1.82, 2.24) is 19.9 Å². The third kappa shape index (κ3) is 3.12. The number of nitrogens with zero attached hydrogens (tertiary/aromatic N) is 4. The molecule has 0 aromatic carbocycles. The summed E-state index contributed by atoms with van der Waals surface area (Å²) in [7, 11) is 1.82. The van der Waals surface area contributed by atoms with Crippen LogP contribution in [0.2, 0.25) is 0 Å². The van der Waals surface area contributed by atoms with Crippen molar-refractivity contribution in [3.8, 4) is 11.5 Å². The number of hydrogen-bond acceptors (Lipinski definition) is 5. The first-order valence-electron chi connectivity index (χ1n) is 7.34. The molecule has 1 aliphatic rings. The molecule has 6 nitrogen and oxygen atoms in total. The minimum Gasteiger partial charge on any atom is -0.381 e. The summed E-state index contributed by atoms with van der Waals surface area (Å²) < 4.78 is 5.33. The summed E-state index contributed by atoms with van der Waals surface area (Å²) in [6, 6.07) is 5.77. The van der Waals surface area contributed by atoms with Crippen LogP contribution in [0, 0.1) is 0 Å². The number of amides is 1. The molecule has 0 atom stereocenters. The number of carbonyl (C=O) groups excluding carboxylic acids is 1. The molecular weight excluding hydrogens is 280 g/mol. The maximum atomic E-state index is 12.5. The molecule has 114 valence electrons. The second kappa shape index (κ2) is 6.62. The smallest absolute Gasteiger partial charge is 0.256 e. The Kier molecular flexibility index (Phi) is 4.39. The van der Waals surface area contributed by atoms with Gasteiger partial charge in [-0.1, -0.05) is 6.07 Å². The quantitative estimate of drug-likeness (QED) is 0.864. The molecule has 1 saturated heterocycles. The lowest BCUT2D eigenvalue weighted by molar-refractivity contribution is 0.0361. The summed E-state index contributed by atoms with van der Waals surface area (Å²) in [6.45, 7) is 1.41. The van der Waals surface area contributed by atoms with Crippen LogP contribution in [0.5, 0.6) is 0 Å². The summed E-state index contributed by atoms with van der Waals surface area (Å²) >= 11 is 0. The van der Waals surface area contributed by atoms with Crippen molar-refractivity contribution in [3.05, 3.63) is 42.4 Å². The Labute approximate surface area is 129 Å². The van der Waals surface area contributed by atoms with Gasteiger partial charge in [0.15, 0.2) is 5.82 Å². The third-order valence-electron chi connectivity index (χ3n) is 3.85. The van der Waals surface area contributed by atoms with Gasteiger partial charge in [0.2, 0.25) is 0 Å². The van der Waals surface area contributed by atoms with E-state index < -0.39 is 0 Å². The molecule has 22 heavy (non-hydrogen) atoms. The molecule has 0 spiro atoms. The minimum atomic E-state index is -0.0560. The average Bonchev–Trinajstić information content (AvgIpc) is 2.62. The first-order chi connectivity index (χ1) is 10.8. The topological polar surface area (TPSA) is 68.2 Å². The van der Waals surface area contributed by atoms with E-state index in [1.54, 1.807) is 23.5 Å². The van der Waals surface area contributed by atoms with E-state index >= 15 is 0 Å². The highest BCUT2D eigenvalue weighted by Crippen LogP contribution is 2.16. The maximum Gasteiger partial charge on any atom is 0.256 e. The fraction of sp³-hybridized carbons (Fsp3) is 0.375. The summed E-state index contributed by atoms with van der Waals surface area (Å²) in [5.41, 5.74) is 1.19. The van der Waals surface area contributed by atoms with Crippen molar-refractivity contribution < 1.29 is 9.53 Å². The molecule has 6 heteroatoms. The Hall–Kier alpha value is -2.34. The summed E-state index contributed by atoms with van der Waals surface area (Å²) in [6.07, 6.45) is 6.56. The Morgan fingerprint density at radius 1 is 1.18 bits per heavy atom. The third-order valence-corrected chi connectivity index (χ3v) is 3.85. The number of ether oxygens (including phenoxy) is 1. The molecule has 0 aliphatic carbocycles. The molecular formula is C16H18N4O2. The van der Waals surface area contributed by atoms with Gasteiger partial charge < -0.3 is 9.64 Å². The van der Waals surface area contributed by atoms with Crippen LogP contribution in [0.1, 0.15) is 23.2 Å². The van der Waals surface area contributed by atoms with E-state index in [9.17, 15) is 4.79 Å². The normalized spacial score (nSPS) is 15.5. The van der Waals surface area contributed by atoms with Crippen molar-refractivity contribution in [2.75, 3.05) is 20.3 Å². The first-order valence-corrected chi connectivity index (χ1v) is 7.34. The minimum absolute atomic E-state index is 0.0560. The molecule has 0 N–H and O–H groups in total. The number of pyridine rings is 1. The Balaban J connectivity index is 1.73. The zero-order chi connectivity index (χ0) is 15.4. The van der Waals surface area contributed by atoms with Gasteiger partial charge in [-0.3, -0.25) is 9.78 Å². The maximum absolute atomic E-state index is 12.5. The van der Waals surface area contributed by atoms with Gasteiger partial charge in [-0.2, -0.15) is 0 Å². The molecule has 3 heterocycles. The zero-order valence-electron chi connectivity index (χ0n) is 12.5. The standard InChI is InChI=1S/C16H18N4O2/c1-20(13-5-8-22-9-6-13)16(21)12-10-18-15(19-11-12)14-4-2-3-7-17-14/h2-4,7,10-11,13H,5-6,8-9H2,1H3. The van der Waals surface area contributed by atoms with Gasteiger partial charge >= 0.3 is 0 Å². The van der Waals surface area contributed by atoms with E-state index in [1.165, 1.54) is 0 Å². The highest BCUT2D eigenvalue weighted by Gasteiger charge is 2.23. The van der Waals surface area contributed by atoms with E-state index in [-0.39, 0.29) is 11.9 Å². The largest absolute Gasteiger partial charge is 0.381 e. The fourth-order valence-electron chi connectivity index (χ4n) is 2.51. The lowest BCUT2D eigenvalue weighted by Crippen LogP contribution is -2.40. The Morgan fingerprint density at radius 2 is 1.91 bits per heavy atom. The molecule has 2 aromatic heterocycles. The van der Waals surface area contributed by atoms with Crippen molar-refractivity contribution in [3.63, 3.8) is 0 Å². The Bertz CT molecular complexity index is 624. The van der Waals surface area contributed by atoms with Gasteiger partial charge in [-0.25, -0.2) is 9.97 Å². The predicted octanol–water partition coefficient (Wildman–Crippen LogP) is 1.79. The van der Waals surface area contributed by atoms with Gasteiger partial charge in [0.1, 0.15) is 5.69 Å². The van der Waals surface area contributed by atoms with E-state index in [2.05, 4.69) is 15.0 Å². The van der Waals surface area contributed by atoms with Gasteiger partial charge in [0.05, 0.1) is 5.56 Å². The van der Waals surface area contributed by atoms with E-state index in [4.69, 9.17) is 4.74 Å². The van der Waals surface area contributed by atoms with Crippen molar-refractivity contribution in [2.24, 2.45) is 0 Å². The zero-order valence-corrected chi connectivity index (χ0v) is 12.5. The van der Waals surface area contributed by atoms with E-state index in [0.717, 1.165) is 12.8 Å². The van der Waals surface area contributed by atoms with Crippen LogP contribution < -0.4 is 0 Å². The number of carbonyl (C=O) groups is 1. The molecule has 0 bridgehead atoms. The molecule has 0 radical (unpaired) electrons. The van der Waals surface area contributed by atoms with E-state index in [0.29, 0.717) is 30.3 Å². The van der Waals surface area contributed by atoms with Crippen molar-refractivity contribution in [2.45, 2.75) is 18.9 Å². The van der Waals surface area contributed by atoms with Gasteiger partial charge in [0.25, 0.3) is 5.91 Å². The van der Waals surface area contributed by atoms with Crippen LogP contribution >= 0.6 is 0 Å². The SMILES string of the molecule is CN(C(=O)c1cnc(-c2ccccn2)nc1)C1CCOCC1. The summed E-state index contributed by atoms with van der Waals surface area (Å²) in [4.78, 5) is 26.9. The fourth-order valence-corrected chi connectivity index (χ4v) is 2.51. The van der Waals surface area contributed by atoms with E-state index in [1.807, 2.05) is 25.2 Å². The number of rotatable bonds is 3. The first kappa shape index (κ1) is 14.6. The second-order valence-corrected chi connectivity index (χ2v) is 5.27. The number of aromatic nitrogens is 3. The number of hydrogen-bond donors (Lipinski definition) is 0. The summed E-state index contributed by atoms with van der Waals surface area (Å²) in [5.74, 6) is 0.463. The molecule has 1 aliphatic heterocycles. The van der Waals surface area contributed by atoms with Gasteiger partial charge in [0, 0.05) is 44.9 Å². The van der Waals surface area contributed by atoms with Gasteiger partial charge in [-0.15, -0.1) is 0 Å². The van der Waals surface area contributed by atoms with Crippen molar-refractivity contribution >= 4 is 5.91 Å². The van der Waals surface area contributed by atoms with Crippen molar-refractivity contribution in [1.29, 1.82) is 0 Å². The lowest BCUT2D eigenvalue weighted by Gasteiger charge is -2.31.